The van der Waals surface area contributed by atoms with Gasteiger partial charge in [0.15, 0.2) is 0 Å². The van der Waals surface area contributed by atoms with E-state index >= 15 is 0 Å². The molecule has 4 nitrogen and oxygen atoms in total. The van der Waals surface area contributed by atoms with Crippen molar-refractivity contribution in [2.45, 2.75) is 78.1 Å². The summed E-state index contributed by atoms with van der Waals surface area (Å²) < 4.78 is 9.86. The van der Waals surface area contributed by atoms with Gasteiger partial charge >= 0.3 is 29.6 Å². The molecule has 0 unspecified atom stereocenters. The molecule has 0 aromatic carbocycles. The van der Waals surface area contributed by atoms with Crippen molar-refractivity contribution in [2.75, 3.05) is 13.2 Å². The second-order valence-corrected chi connectivity index (χ2v) is 5.97. The van der Waals surface area contributed by atoms with Crippen LogP contribution in [0.15, 0.2) is 0 Å². The normalized spacial score (nSPS) is 9.13. The standard InChI is InChI=1S/2C8H17NOS.Na.H/c2*1-2-3-4-5-6-7-10-8(9)11;;/h2*2-7H2,1H3,(H2,9,11);;. The third-order valence-corrected chi connectivity index (χ3v) is 3.22. The van der Waals surface area contributed by atoms with Crippen molar-refractivity contribution in [2.24, 2.45) is 11.5 Å². The van der Waals surface area contributed by atoms with E-state index in [0.29, 0.717) is 13.2 Å². The Bertz CT molecular complexity index is 244. The van der Waals surface area contributed by atoms with E-state index in [2.05, 4.69) is 38.3 Å². The molecule has 134 valence electrons. The van der Waals surface area contributed by atoms with Gasteiger partial charge in [0.2, 0.25) is 0 Å². The first-order valence-electron chi connectivity index (χ1n) is 8.39. The molecule has 0 fully saturated rings. The second-order valence-electron chi connectivity index (χ2n) is 5.16. The molecule has 0 aliphatic heterocycles. The summed E-state index contributed by atoms with van der Waals surface area (Å²) in [6.45, 7) is 5.76. The van der Waals surface area contributed by atoms with Crippen LogP contribution in [0.5, 0.6) is 0 Å². The van der Waals surface area contributed by atoms with E-state index < -0.39 is 0 Å². The molecule has 0 aromatic rings. The van der Waals surface area contributed by atoms with Crippen LogP contribution in [0.1, 0.15) is 78.1 Å². The molecule has 0 heterocycles. The average Bonchev–Trinajstić information content (AvgIpc) is 2.46. The molecule has 0 aromatic heterocycles. The summed E-state index contributed by atoms with van der Waals surface area (Å²) in [6.07, 6.45) is 12.3. The molecular formula is C16H35N2NaO2S2. The maximum atomic E-state index is 5.14. The molecule has 4 N–H and O–H groups in total. The van der Waals surface area contributed by atoms with Gasteiger partial charge in [-0.25, -0.2) is 0 Å². The van der Waals surface area contributed by atoms with Crippen LogP contribution < -0.4 is 11.5 Å². The summed E-state index contributed by atoms with van der Waals surface area (Å²) in [4.78, 5) is 0. The number of nitrogens with two attached hydrogens (primary N) is 2. The molecule has 0 rings (SSSR count). The van der Waals surface area contributed by atoms with Crippen LogP contribution in [-0.4, -0.2) is 53.1 Å². The number of thiocarbonyl (C=S) groups is 2. The molecule has 0 saturated heterocycles. The van der Waals surface area contributed by atoms with E-state index in [9.17, 15) is 0 Å². The summed E-state index contributed by atoms with van der Waals surface area (Å²) in [5, 5.41) is 0.334. The molecule has 0 aliphatic rings. The number of rotatable bonds is 12. The first-order chi connectivity index (χ1) is 10.5. The van der Waals surface area contributed by atoms with Gasteiger partial charge in [-0.15, -0.1) is 0 Å². The second kappa shape index (κ2) is 24.6. The van der Waals surface area contributed by atoms with Crippen molar-refractivity contribution in [3.05, 3.63) is 0 Å². The van der Waals surface area contributed by atoms with Crippen LogP contribution in [0.3, 0.4) is 0 Å². The van der Waals surface area contributed by atoms with Gasteiger partial charge in [-0.3, -0.25) is 0 Å². The third-order valence-electron chi connectivity index (χ3n) is 2.98. The van der Waals surface area contributed by atoms with E-state index in [0.717, 1.165) is 12.8 Å². The van der Waals surface area contributed by atoms with Crippen LogP contribution in [0.4, 0.5) is 0 Å². The van der Waals surface area contributed by atoms with E-state index in [1.807, 2.05) is 0 Å². The van der Waals surface area contributed by atoms with Gasteiger partial charge < -0.3 is 20.9 Å². The van der Waals surface area contributed by atoms with E-state index in [4.69, 9.17) is 20.9 Å². The molecule has 0 spiro atoms. The van der Waals surface area contributed by atoms with Crippen molar-refractivity contribution in [3.63, 3.8) is 0 Å². The average molecular weight is 375 g/mol. The molecule has 0 saturated carbocycles. The van der Waals surface area contributed by atoms with Gasteiger partial charge in [0.25, 0.3) is 10.3 Å². The van der Waals surface area contributed by atoms with Crippen LogP contribution in [-0.2, 0) is 9.47 Å². The zero-order chi connectivity index (χ0) is 17.1. The third kappa shape index (κ3) is 34.6. The van der Waals surface area contributed by atoms with Gasteiger partial charge in [0, 0.05) is 0 Å². The zero-order valence-corrected chi connectivity index (χ0v) is 15.9. The Balaban J connectivity index is -0.000000333. The fraction of sp³-hybridized carbons (Fsp3) is 0.875. The molecule has 0 atom stereocenters. The van der Waals surface area contributed by atoms with Crippen molar-refractivity contribution >= 4 is 64.3 Å². The summed E-state index contributed by atoms with van der Waals surface area (Å²) in [7, 11) is 0. The predicted molar refractivity (Wildman–Crippen MR) is 110 cm³/mol. The molecular weight excluding hydrogens is 339 g/mol. The number of unbranched alkanes of at least 4 members (excludes halogenated alkanes) is 8. The van der Waals surface area contributed by atoms with Gasteiger partial charge in [0.1, 0.15) is 0 Å². The Morgan fingerprint density at radius 2 is 0.957 bits per heavy atom. The monoisotopic (exact) mass is 374 g/mol. The number of hydrogen-bond acceptors (Lipinski definition) is 4. The topological polar surface area (TPSA) is 70.5 Å². The van der Waals surface area contributed by atoms with Crippen molar-refractivity contribution < 1.29 is 9.47 Å². The van der Waals surface area contributed by atoms with Crippen LogP contribution in [0.25, 0.3) is 0 Å². The number of hydrogen-bond donors (Lipinski definition) is 2. The van der Waals surface area contributed by atoms with Crippen LogP contribution in [0, 0.1) is 0 Å². The quantitative estimate of drug-likeness (QED) is 0.308. The van der Waals surface area contributed by atoms with Crippen LogP contribution >= 0.6 is 24.4 Å². The maximum absolute atomic E-state index is 5.14. The molecule has 0 bridgehead atoms. The Morgan fingerprint density at radius 1 is 0.652 bits per heavy atom. The van der Waals surface area contributed by atoms with Gasteiger partial charge in [-0.1, -0.05) is 65.2 Å². The van der Waals surface area contributed by atoms with E-state index in [1.165, 1.54) is 51.4 Å². The zero-order valence-electron chi connectivity index (χ0n) is 14.3. The molecule has 0 aliphatic carbocycles. The molecule has 0 radical (unpaired) electrons. The van der Waals surface area contributed by atoms with Gasteiger partial charge in [0.05, 0.1) is 13.2 Å². The number of ether oxygens (including phenoxy) is 2. The van der Waals surface area contributed by atoms with Gasteiger partial charge in [-0.05, 0) is 37.3 Å². The predicted octanol–water partition coefficient (Wildman–Crippen LogP) is 3.79. The van der Waals surface area contributed by atoms with Gasteiger partial charge in [-0.2, -0.15) is 0 Å². The van der Waals surface area contributed by atoms with E-state index in [-0.39, 0.29) is 39.9 Å². The Morgan fingerprint density at radius 3 is 1.22 bits per heavy atom. The Kier molecular flexibility index (Phi) is 30.2. The van der Waals surface area contributed by atoms with E-state index in [1.54, 1.807) is 0 Å². The van der Waals surface area contributed by atoms with Crippen molar-refractivity contribution in [3.8, 4) is 0 Å². The molecule has 23 heavy (non-hydrogen) atoms. The summed E-state index contributed by atoms with van der Waals surface area (Å²) >= 11 is 9.10. The summed E-state index contributed by atoms with van der Waals surface area (Å²) in [5.74, 6) is 0. The summed E-state index contributed by atoms with van der Waals surface area (Å²) in [6, 6.07) is 0. The fourth-order valence-corrected chi connectivity index (χ4v) is 1.92. The molecule has 0 amide bonds. The van der Waals surface area contributed by atoms with Crippen molar-refractivity contribution in [1.82, 2.24) is 0 Å². The SMILES string of the molecule is CCCCCCCOC(N)=S.CCCCCCCOC(N)=S.[NaH]. The minimum absolute atomic E-state index is 0. The fourth-order valence-electron chi connectivity index (χ4n) is 1.76. The Labute approximate surface area is 175 Å². The first-order valence-corrected chi connectivity index (χ1v) is 9.20. The molecule has 7 heteroatoms. The summed E-state index contributed by atoms with van der Waals surface area (Å²) in [5.41, 5.74) is 10.3. The Hall–Kier alpha value is 0.380. The van der Waals surface area contributed by atoms with Crippen molar-refractivity contribution in [1.29, 1.82) is 0 Å². The minimum atomic E-state index is 0. The van der Waals surface area contributed by atoms with Crippen LogP contribution in [0.2, 0.25) is 0 Å². The first kappa shape index (κ1) is 28.2.